The third-order valence-corrected chi connectivity index (χ3v) is 7.64. The summed E-state index contributed by atoms with van der Waals surface area (Å²) in [6, 6.07) is 10.1. The number of halogens is 1. The van der Waals surface area contributed by atoms with E-state index in [2.05, 4.69) is 4.90 Å². The lowest BCUT2D eigenvalue weighted by Gasteiger charge is -2.39. The first kappa shape index (κ1) is 25.1. The highest BCUT2D eigenvalue weighted by Crippen LogP contribution is 2.42. The van der Waals surface area contributed by atoms with Gasteiger partial charge in [0.15, 0.2) is 0 Å². The summed E-state index contributed by atoms with van der Waals surface area (Å²) in [4.78, 5) is 16.8. The number of aliphatic hydroxyl groups excluding tert-OH is 2. The van der Waals surface area contributed by atoms with Crippen molar-refractivity contribution in [3.05, 3.63) is 52.5 Å². The maximum absolute atomic E-state index is 13.0. The highest BCUT2D eigenvalue weighted by molar-refractivity contribution is 6.30. The molecule has 2 aromatic carbocycles. The normalized spacial score (nSPS) is 22.2. The van der Waals surface area contributed by atoms with Crippen LogP contribution >= 0.6 is 11.6 Å². The Morgan fingerprint density at radius 3 is 2.78 bits per heavy atom. The fraction of sp³-hybridized carbons (Fsp3) is 0.519. The van der Waals surface area contributed by atoms with Crippen molar-refractivity contribution in [3.8, 4) is 17.2 Å². The monoisotopic (exact) mass is 516 g/mol. The maximum Gasteiger partial charge on any atom is 0.257 e. The Morgan fingerprint density at radius 1 is 1.19 bits per heavy atom. The molecule has 194 valence electrons. The number of carbonyl (C=O) groups excluding carboxylic acids is 1. The minimum Gasteiger partial charge on any atom is -0.508 e. The number of phenolic OH excluding ortho intramolecular Hbond substituents is 1. The van der Waals surface area contributed by atoms with Gasteiger partial charge in [0, 0.05) is 63.1 Å². The summed E-state index contributed by atoms with van der Waals surface area (Å²) in [6.45, 7) is 2.87. The molecule has 3 aliphatic heterocycles. The van der Waals surface area contributed by atoms with Gasteiger partial charge in [0.1, 0.15) is 35.6 Å². The fourth-order valence-corrected chi connectivity index (χ4v) is 5.67. The number of fused-ring (bicyclic) bond motifs is 1. The molecule has 36 heavy (non-hydrogen) atoms. The average Bonchev–Trinajstić information content (AvgIpc) is 3.21. The van der Waals surface area contributed by atoms with Gasteiger partial charge in [0.2, 0.25) is 0 Å². The first-order valence-electron chi connectivity index (χ1n) is 12.6. The van der Waals surface area contributed by atoms with Crippen LogP contribution in [0.1, 0.15) is 41.6 Å². The molecule has 2 atom stereocenters. The summed E-state index contributed by atoms with van der Waals surface area (Å²) in [6.07, 6.45) is 2.70. The number of β-amino-alcohol motifs (C(OH)–C–C–N with tert-alkyl or cyclic N) is 2. The minimum atomic E-state index is -0.762. The van der Waals surface area contributed by atoms with Gasteiger partial charge in [-0.1, -0.05) is 11.6 Å². The Morgan fingerprint density at radius 2 is 2.00 bits per heavy atom. The molecule has 8 nitrogen and oxygen atoms in total. The Hall–Kier alpha value is -2.52. The standard InChI is InChI=1S/C27H33ClN2O6/c28-19-3-6-24-18(12-19)14-27(36-24)7-10-29(11-8-27)15-22(33)17-35-25-13-20(31)4-5-23(25)26(34)30-9-1-2-21(32)16-30/h3-6,12-13,21-22,31-33H,1-2,7-11,14-17H2/t21?,22-/m1/s1. The second kappa shape index (κ2) is 10.5. The third-order valence-electron chi connectivity index (χ3n) is 7.41. The summed E-state index contributed by atoms with van der Waals surface area (Å²) in [5, 5.41) is 31.3. The van der Waals surface area contributed by atoms with Crippen LogP contribution in [0.25, 0.3) is 0 Å². The molecule has 0 aliphatic carbocycles. The molecule has 1 unspecified atom stereocenters. The van der Waals surface area contributed by atoms with Crippen LogP contribution in [-0.4, -0.2) is 88.2 Å². The van der Waals surface area contributed by atoms with E-state index in [0.29, 0.717) is 25.1 Å². The molecule has 3 heterocycles. The predicted molar refractivity (Wildman–Crippen MR) is 135 cm³/mol. The highest BCUT2D eigenvalue weighted by Gasteiger charge is 2.42. The van der Waals surface area contributed by atoms with Crippen molar-refractivity contribution >= 4 is 17.5 Å². The molecule has 0 radical (unpaired) electrons. The molecule has 2 aromatic rings. The van der Waals surface area contributed by atoms with Crippen molar-refractivity contribution < 1.29 is 29.6 Å². The van der Waals surface area contributed by atoms with Crippen LogP contribution in [0.4, 0.5) is 0 Å². The number of hydrogen-bond donors (Lipinski definition) is 3. The summed E-state index contributed by atoms with van der Waals surface area (Å²) < 4.78 is 12.1. The number of ether oxygens (including phenoxy) is 2. The number of phenols is 1. The molecule has 1 spiro atoms. The molecular weight excluding hydrogens is 484 g/mol. The van der Waals surface area contributed by atoms with Crippen molar-refractivity contribution in [3.63, 3.8) is 0 Å². The molecular formula is C27H33ClN2O6. The summed E-state index contributed by atoms with van der Waals surface area (Å²) in [5.41, 5.74) is 1.26. The Kier molecular flexibility index (Phi) is 7.30. The second-order valence-electron chi connectivity index (χ2n) is 10.2. The number of benzene rings is 2. The van der Waals surface area contributed by atoms with Crippen LogP contribution in [0.3, 0.4) is 0 Å². The molecule has 9 heteroatoms. The highest BCUT2D eigenvalue weighted by atomic mass is 35.5. The number of amides is 1. The predicted octanol–water partition coefficient (Wildman–Crippen LogP) is 2.85. The van der Waals surface area contributed by atoms with Crippen LogP contribution in [0.5, 0.6) is 17.2 Å². The number of nitrogens with zero attached hydrogens (tertiary/aromatic N) is 2. The van der Waals surface area contributed by atoms with Gasteiger partial charge >= 0.3 is 0 Å². The van der Waals surface area contributed by atoms with Crippen molar-refractivity contribution in [2.75, 3.05) is 39.3 Å². The van der Waals surface area contributed by atoms with Gasteiger partial charge in [-0.25, -0.2) is 0 Å². The topological polar surface area (TPSA) is 103 Å². The van der Waals surface area contributed by atoms with Crippen LogP contribution < -0.4 is 9.47 Å². The third kappa shape index (κ3) is 5.57. The Labute approximate surface area is 216 Å². The summed E-state index contributed by atoms with van der Waals surface area (Å²) >= 11 is 6.14. The number of hydrogen-bond acceptors (Lipinski definition) is 7. The van der Waals surface area contributed by atoms with E-state index in [4.69, 9.17) is 21.1 Å². The number of likely N-dealkylation sites (tertiary alicyclic amines) is 2. The Balaban J connectivity index is 1.14. The molecule has 0 saturated carbocycles. The first-order chi connectivity index (χ1) is 17.3. The van der Waals surface area contributed by atoms with Crippen LogP contribution in [0, 0.1) is 0 Å². The molecule has 1 amide bonds. The van der Waals surface area contributed by atoms with E-state index in [9.17, 15) is 20.1 Å². The van der Waals surface area contributed by atoms with Crippen molar-refractivity contribution in [1.29, 1.82) is 0 Å². The van der Waals surface area contributed by atoms with E-state index in [1.807, 2.05) is 18.2 Å². The van der Waals surface area contributed by atoms with Gasteiger partial charge in [0.05, 0.1) is 11.7 Å². The van der Waals surface area contributed by atoms with Gasteiger partial charge in [-0.2, -0.15) is 0 Å². The molecule has 3 N–H and O–H groups in total. The van der Waals surface area contributed by atoms with Crippen molar-refractivity contribution in [2.24, 2.45) is 0 Å². The van der Waals surface area contributed by atoms with Gasteiger partial charge in [0.25, 0.3) is 5.91 Å². The fourth-order valence-electron chi connectivity index (χ4n) is 5.48. The zero-order chi connectivity index (χ0) is 25.3. The summed E-state index contributed by atoms with van der Waals surface area (Å²) in [5.74, 6) is 0.873. The number of aliphatic hydroxyl groups is 2. The number of aromatic hydroxyl groups is 1. The lowest BCUT2D eigenvalue weighted by Crippen LogP contribution is -2.49. The van der Waals surface area contributed by atoms with Crippen molar-refractivity contribution in [1.82, 2.24) is 9.80 Å². The largest absolute Gasteiger partial charge is 0.508 e. The lowest BCUT2D eigenvalue weighted by atomic mass is 9.87. The van der Waals surface area contributed by atoms with Crippen LogP contribution in [0.15, 0.2) is 36.4 Å². The molecule has 5 rings (SSSR count). The smallest absolute Gasteiger partial charge is 0.257 e. The van der Waals surface area contributed by atoms with E-state index in [1.165, 1.54) is 18.2 Å². The second-order valence-corrected chi connectivity index (χ2v) is 10.6. The molecule has 3 aliphatic rings. The van der Waals surface area contributed by atoms with Gasteiger partial charge < -0.3 is 34.6 Å². The molecule has 2 fully saturated rings. The van der Waals surface area contributed by atoms with E-state index in [0.717, 1.165) is 55.1 Å². The maximum atomic E-state index is 13.0. The quantitative estimate of drug-likeness (QED) is 0.542. The van der Waals surface area contributed by atoms with Gasteiger partial charge in [-0.05, 0) is 48.7 Å². The molecule has 0 aromatic heterocycles. The summed E-state index contributed by atoms with van der Waals surface area (Å²) in [7, 11) is 0. The zero-order valence-electron chi connectivity index (χ0n) is 20.2. The SMILES string of the molecule is O=C(c1ccc(O)cc1OC[C@H](O)CN1CCC2(CC1)Cc1cc(Cl)ccc1O2)N1CCCC(O)C1. The average molecular weight is 517 g/mol. The first-order valence-corrected chi connectivity index (χ1v) is 13.0. The number of rotatable bonds is 6. The van der Waals surface area contributed by atoms with Gasteiger partial charge in [-0.15, -0.1) is 0 Å². The minimum absolute atomic E-state index is 0.00551. The number of carbonyl (C=O) groups is 1. The lowest BCUT2D eigenvalue weighted by molar-refractivity contribution is -0.00205. The van der Waals surface area contributed by atoms with Crippen LogP contribution in [-0.2, 0) is 6.42 Å². The zero-order valence-corrected chi connectivity index (χ0v) is 21.0. The van der Waals surface area contributed by atoms with E-state index in [1.54, 1.807) is 4.90 Å². The van der Waals surface area contributed by atoms with E-state index >= 15 is 0 Å². The molecule has 0 bridgehead atoms. The molecule has 2 saturated heterocycles. The van der Waals surface area contributed by atoms with Crippen LogP contribution in [0.2, 0.25) is 5.02 Å². The Bertz CT molecular complexity index is 1100. The number of piperidine rings is 2. The van der Waals surface area contributed by atoms with Crippen molar-refractivity contribution in [2.45, 2.75) is 49.9 Å². The van der Waals surface area contributed by atoms with E-state index < -0.39 is 12.2 Å². The van der Waals surface area contributed by atoms with Gasteiger partial charge in [-0.3, -0.25) is 4.79 Å². The van der Waals surface area contributed by atoms with E-state index in [-0.39, 0.29) is 36.2 Å².